The van der Waals surface area contributed by atoms with Gasteiger partial charge in [0.2, 0.25) is 5.91 Å². The second kappa shape index (κ2) is 15.8. The van der Waals surface area contributed by atoms with Crippen LogP contribution in [0.5, 0.6) is 11.5 Å². The average Bonchev–Trinajstić information content (AvgIpc) is 2.84. The molecule has 0 aromatic heterocycles. The molecule has 0 bridgehead atoms. The lowest BCUT2D eigenvalue weighted by Gasteiger charge is -2.19. The molecule has 0 unspecified atom stereocenters. The highest BCUT2D eigenvalue weighted by atomic mass is 79.9. The van der Waals surface area contributed by atoms with Gasteiger partial charge in [0, 0.05) is 11.1 Å². The lowest BCUT2D eigenvalue weighted by atomic mass is 9.94. The van der Waals surface area contributed by atoms with Crippen LogP contribution in [0, 0.1) is 0 Å². The summed E-state index contributed by atoms with van der Waals surface area (Å²) in [5, 5.41) is 9.34. The van der Waals surface area contributed by atoms with Crippen molar-refractivity contribution in [3.63, 3.8) is 0 Å². The summed E-state index contributed by atoms with van der Waals surface area (Å²) in [4.78, 5) is 12.4. The van der Waals surface area contributed by atoms with Crippen molar-refractivity contribution in [2.45, 2.75) is 77.6 Å². The molecule has 0 heterocycles. The Morgan fingerprint density at radius 2 is 1.65 bits per heavy atom. The molecule has 0 saturated carbocycles. The Morgan fingerprint density at radius 1 is 1.00 bits per heavy atom. The van der Waals surface area contributed by atoms with Gasteiger partial charge in [-0.2, -0.15) is 0 Å². The summed E-state index contributed by atoms with van der Waals surface area (Å²) in [7, 11) is 1.61. The second-order valence-corrected chi connectivity index (χ2v) is 9.49. The Bertz CT molecular complexity index is 900. The number of halogens is 1. The SMILES string of the molecule is CCCCCCCCCCCCc1c(C(N)=O)cc(-c2cccc(OC)c2)c(OCCO)c1Br. The van der Waals surface area contributed by atoms with Gasteiger partial charge in [0.25, 0.3) is 0 Å². The quantitative estimate of drug-likeness (QED) is 0.213. The lowest BCUT2D eigenvalue weighted by molar-refractivity contribution is 0.0999. The number of hydrogen-bond acceptors (Lipinski definition) is 4. The predicted molar refractivity (Wildman–Crippen MR) is 143 cm³/mol. The van der Waals surface area contributed by atoms with Crippen LogP contribution < -0.4 is 15.2 Å². The number of amides is 1. The van der Waals surface area contributed by atoms with Crippen LogP contribution in [-0.2, 0) is 6.42 Å². The first-order chi connectivity index (χ1) is 16.5. The van der Waals surface area contributed by atoms with Crippen LogP contribution in [0.4, 0.5) is 0 Å². The van der Waals surface area contributed by atoms with Crippen molar-refractivity contribution >= 4 is 21.8 Å². The van der Waals surface area contributed by atoms with E-state index in [0.717, 1.165) is 40.4 Å². The molecule has 6 heteroatoms. The summed E-state index contributed by atoms with van der Waals surface area (Å²) in [5.41, 5.74) is 8.74. The van der Waals surface area contributed by atoms with Gasteiger partial charge in [0.1, 0.15) is 18.1 Å². The highest BCUT2D eigenvalue weighted by Crippen LogP contribution is 2.42. The Kier molecular flexibility index (Phi) is 13.1. The van der Waals surface area contributed by atoms with Crippen molar-refractivity contribution in [1.82, 2.24) is 0 Å². The summed E-state index contributed by atoms with van der Waals surface area (Å²) in [5.74, 6) is 0.854. The number of rotatable bonds is 17. The fourth-order valence-corrected chi connectivity index (χ4v) is 4.96. The summed E-state index contributed by atoms with van der Waals surface area (Å²) >= 11 is 3.69. The number of nitrogens with two attached hydrogens (primary N) is 1. The Morgan fingerprint density at radius 3 is 2.24 bits per heavy atom. The molecule has 3 N–H and O–H groups in total. The number of benzene rings is 2. The second-order valence-electron chi connectivity index (χ2n) is 8.69. The molecule has 0 aliphatic rings. The molecular formula is C28H40BrNO4. The fraction of sp³-hybridized carbons (Fsp3) is 0.536. The number of unbranched alkanes of at least 4 members (excludes halogenated alkanes) is 9. The van der Waals surface area contributed by atoms with Gasteiger partial charge in [0.05, 0.1) is 18.2 Å². The van der Waals surface area contributed by atoms with Crippen molar-refractivity contribution in [1.29, 1.82) is 0 Å². The van der Waals surface area contributed by atoms with E-state index >= 15 is 0 Å². The van der Waals surface area contributed by atoms with Crippen LogP contribution in [0.1, 0.15) is 87.1 Å². The Hall–Kier alpha value is -2.05. The molecule has 0 spiro atoms. The van der Waals surface area contributed by atoms with E-state index < -0.39 is 5.91 Å². The van der Waals surface area contributed by atoms with Crippen LogP contribution in [0.2, 0.25) is 0 Å². The standard InChI is InChI=1S/C28H40BrNO4/c1-3-4-5-6-7-8-9-10-11-12-16-23-25(28(30)32)20-24(27(26(23)29)34-18-17-31)21-14-13-15-22(19-21)33-2/h13-15,19-20,31H,3-12,16-18H2,1-2H3,(H2,30,32). The number of hydrogen-bond donors (Lipinski definition) is 2. The maximum atomic E-state index is 12.4. The molecule has 1 amide bonds. The van der Waals surface area contributed by atoms with E-state index in [2.05, 4.69) is 22.9 Å². The van der Waals surface area contributed by atoms with E-state index in [1.54, 1.807) is 13.2 Å². The maximum Gasteiger partial charge on any atom is 0.249 e. The van der Waals surface area contributed by atoms with Gasteiger partial charge < -0.3 is 20.3 Å². The first-order valence-electron chi connectivity index (χ1n) is 12.6. The van der Waals surface area contributed by atoms with Gasteiger partial charge in [0.15, 0.2) is 0 Å². The molecule has 0 aliphatic carbocycles. The number of methoxy groups -OCH3 is 1. The van der Waals surface area contributed by atoms with Crippen LogP contribution in [0.3, 0.4) is 0 Å². The first kappa shape index (κ1) is 28.2. The van der Waals surface area contributed by atoms with Crippen LogP contribution in [0.25, 0.3) is 11.1 Å². The third-order valence-electron chi connectivity index (χ3n) is 6.09. The topological polar surface area (TPSA) is 81.8 Å². The van der Waals surface area contributed by atoms with Gasteiger partial charge in [-0.15, -0.1) is 0 Å². The van der Waals surface area contributed by atoms with Crippen molar-refractivity contribution in [3.8, 4) is 22.6 Å². The molecule has 0 fully saturated rings. The normalized spacial score (nSPS) is 10.9. The molecule has 34 heavy (non-hydrogen) atoms. The van der Waals surface area contributed by atoms with Crippen molar-refractivity contribution in [2.24, 2.45) is 5.73 Å². The van der Waals surface area contributed by atoms with Crippen molar-refractivity contribution < 1.29 is 19.4 Å². The summed E-state index contributed by atoms with van der Waals surface area (Å²) in [6, 6.07) is 9.38. The number of aliphatic hydroxyl groups excluding tert-OH is 1. The molecule has 0 radical (unpaired) electrons. The number of aliphatic hydroxyl groups is 1. The zero-order valence-electron chi connectivity index (χ0n) is 20.7. The molecule has 2 aromatic rings. The Balaban J connectivity index is 2.14. The Labute approximate surface area is 213 Å². The number of carbonyl (C=O) groups is 1. The van der Waals surface area contributed by atoms with Crippen LogP contribution in [0.15, 0.2) is 34.8 Å². The van der Waals surface area contributed by atoms with E-state index in [4.69, 9.17) is 15.2 Å². The van der Waals surface area contributed by atoms with Crippen molar-refractivity contribution in [3.05, 3.63) is 45.9 Å². The molecule has 0 saturated heterocycles. The molecule has 2 aromatic carbocycles. The van der Waals surface area contributed by atoms with E-state index in [1.807, 2.05) is 24.3 Å². The highest BCUT2D eigenvalue weighted by Gasteiger charge is 2.21. The van der Waals surface area contributed by atoms with E-state index in [1.165, 1.54) is 51.4 Å². The largest absolute Gasteiger partial charge is 0.497 e. The van der Waals surface area contributed by atoms with Crippen LogP contribution >= 0.6 is 15.9 Å². The van der Waals surface area contributed by atoms with Gasteiger partial charge >= 0.3 is 0 Å². The molecular weight excluding hydrogens is 494 g/mol. The smallest absolute Gasteiger partial charge is 0.249 e. The van der Waals surface area contributed by atoms with Gasteiger partial charge in [-0.1, -0.05) is 76.8 Å². The summed E-state index contributed by atoms with van der Waals surface area (Å²) < 4.78 is 12.0. The predicted octanol–water partition coefficient (Wildman–Crippen LogP) is 7.06. The molecule has 2 rings (SSSR count). The van der Waals surface area contributed by atoms with Crippen molar-refractivity contribution in [2.75, 3.05) is 20.3 Å². The number of carbonyl (C=O) groups excluding carboxylic acids is 1. The monoisotopic (exact) mass is 533 g/mol. The minimum atomic E-state index is -0.458. The van der Waals surface area contributed by atoms with Gasteiger partial charge in [-0.25, -0.2) is 0 Å². The van der Waals surface area contributed by atoms with Gasteiger partial charge in [-0.3, -0.25) is 4.79 Å². The molecule has 188 valence electrons. The lowest BCUT2D eigenvalue weighted by Crippen LogP contribution is -2.16. The minimum Gasteiger partial charge on any atom is -0.497 e. The minimum absolute atomic E-state index is 0.102. The highest BCUT2D eigenvalue weighted by molar-refractivity contribution is 9.10. The van der Waals surface area contributed by atoms with E-state index in [0.29, 0.717) is 17.1 Å². The third kappa shape index (κ3) is 8.62. The average molecular weight is 535 g/mol. The third-order valence-corrected chi connectivity index (χ3v) is 6.93. The fourth-order valence-electron chi connectivity index (χ4n) is 4.22. The molecule has 0 atom stereocenters. The summed E-state index contributed by atoms with van der Waals surface area (Å²) in [6.07, 6.45) is 13.3. The molecule has 0 aliphatic heterocycles. The summed E-state index contributed by atoms with van der Waals surface area (Å²) in [6.45, 7) is 2.30. The number of primary amides is 1. The van der Waals surface area contributed by atoms with Gasteiger partial charge in [-0.05, 0) is 58.1 Å². The zero-order chi connectivity index (χ0) is 24.8. The number of ether oxygens (including phenoxy) is 2. The first-order valence-corrected chi connectivity index (χ1v) is 13.4. The van der Waals surface area contributed by atoms with E-state index in [9.17, 15) is 9.90 Å². The zero-order valence-corrected chi connectivity index (χ0v) is 22.3. The van der Waals surface area contributed by atoms with E-state index in [-0.39, 0.29) is 13.2 Å². The van der Waals surface area contributed by atoms with Crippen LogP contribution in [-0.4, -0.2) is 31.3 Å². The maximum absolute atomic E-state index is 12.4. The molecule has 5 nitrogen and oxygen atoms in total.